The molecule has 0 amide bonds. The van der Waals surface area contributed by atoms with Crippen molar-refractivity contribution in [2.45, 2.75) is 113 Å². The van der Waals surface area contributed by atoms with Crippen LogP contribution in [0.4, 0.5) is 5.82 Å². The highest BCUT2D eigenvalue weighted by Crippen LogP contribution is 2.39. The third-order valence-electron chi connectivity index (χ3n) is 6.78. The molecule has 1 aromatic carbocycles. The zero-order valence-corrected chi connectivity index (χ0v) is 27.4. The zero-order chi connectivity index (χ0) is 29.1. The van der Waals surface area contributed by atoms with Gasteiger partial charge >= 0.3 is 0 Å². The molecule has 2 saturated heterocycles. The predicted molar refractivity (Wildman–Crippen MR) is 168 cm³/mol. The molecule has 5 rings (SSSR count). The number of hydrogen-bond donors (Lipinski definition) is 1. The van der Waals surface area contributed by atoms with Crippen LogP contribution in [0, 0.1) is 20.8 Å². The summed E-state index contributed by atoms with van der Waals surface area (Å²) in [5, 5.41) is 8.98. The first-order valence-electron chi connectivity index (χ1n) is 14.8. The van der Waals surface area contributed by atoms with Crippen LogP contribution in [0.5, 0.6) is 0 Å². The molecule has 1 unspecified atom stereocenters. The molecule has 4 heterocycles. The Balaban J connectivity index is 0.000000700. The van der Waals surface area contributed by atoms with Crippen LogP contribution < -0.4 is 10.2 Å². The van der Waals surface area contributed by atoms with Crippen molar-refractivity contribution >= 4 is 32.7 Å². The smallest absolute Gasteiger partial charge is 0.261 e. The number of nitrogens with zero attached hydrogens (tertiary/aromatic N) is 4. The van der Waals surface area contributed by atoms with E-state index in [1.165, 1.54) is 6.42 Å². The van der Waals surface area contributed by atoms with Crippen LogP contribution in [0.3, 0.4) is 0 Å². The van der Waals surface area contributed by atoms with Gasteiger partial charge in [-0.1, -0.05) is 69.0 Å². The van der Waals surface area contributed by atoms with Crippen molar-refractivity contribution < 1.29 is 9.26 Å². The molecule has 0 radical (unpaired) electrons. The Bertz CT molecular complexity index is 1160. The Labute approximate surface area is 244 Å². The van der Waals surface area contributed by atoms with Gasteiger partial charge in [0.05, 0.1) is 17.7 Å². The number of pyridine rings is 1. The summed E-state index contributed by atoms with van der Waals surface area (Å²) < 4.78 is 12.2. The highest BCUT2D eigenvalue weighted by molar-refractivity contribution is 9.10. The maximum Gasteiger partial charge on any atom is 0.261 e. The van der Waals surface area contributed by atoms with E-state index in [4.69, 9.17) is 14.2 Å². The lowest BCUT2D eigenvalue weighted by molar-refractivity contribution is 0.185. The molecule has 3 aromatic rings. The largest absolute Gasteiger partial charge is 0.380 e. The van der Waals surface area contributed by atoms with Gasteiger partial charge in [0.15, 0.2) is 5.82 Å². The van der Waals surface area contributed by atoms with Crippen molar-refractivity contribution in [3.63, 3.8) is 0 Å². The summed E-state index contributed by atoms with van der Waals surface area (Å²) in [4.78, 5) is 12.2. The van der Waals surface area contributed by atoms with Gasteiger partial charge in [-0.3, -0.25) is 0 Å². The van der Waals surface area contributed by atoms with Crippen LogP contribution in [0.25, 0.3) is 22.4 Å². The molecule has 8 heteroatoms. The number of nitrogens with one attached hydrogen (secondary N) is 1. The second-order valence-electron chi connectivity index (χ2n) is 9.90. The number of halogens is 1. The Morgan fingerprint density at radius 3 is 2.28 bits per heavy atom. The topological polar surface area (TPSA) is 76.3 Å². The lowest BCUT2D eigenvalue weighted by Gasteiger charge is -2.40. The first-order valence-corrected chi connectivity index (χ1v) is 15.6. The third-order valence-corrected chi connectivity index (χ3v) is 7.23. The first-order chi connectivity index (χ1) is 18.8. The van der Waals surface area contributed by atoms with Gasteiger partial charge in [-0.2, -0.15) is 4.98 Å². The fourth-order valence-corrected chi connectivity index (χ4v) is 5.71. The van der Waals surface area contributed by atoms with Gasteiger partial charge in [-0.25, -0.2) is 4.98 Å². The van der Waals surface area contributed by atoms with Crippen LogP contribution in [0.2, 0.25) is 0 Å². The molecule has 218 valence electrons. The standard InChI is InChI=1S/C24H30BrN5O2.C3H8.2C2H6/c1-13-9-17(25)11-20-15(3)21(24-26-16(4)29-32-24)23(28-22(13)20)30-7-5-18(10-14(30)2)27-19-6-8-31-12-19;1-3-2;2*1-2/h9,11,14,18-19,27H,5-8,10,12H2,1-4H3;3H2,1-2H3;2*1-2H3/t14?,18-,19-;;;/m1.../s1. The normalized spacial score (nSPS) is 20.4. The van der Waals surface area contributed by atoms with Gasteiger partial charge in [0.2, 0.25) is 0 Å². The molecule has 2 fully saturated rings. The van der Waals surface area contributed by atoms with E-state index < -0.39 is 0 Å². The fraction of sp³-hybridized carbons (Fsp3) is 0.645. The lowest BCUT2D eigenvalue weighted by Crippen LogP contribution is -2.50. The third kappa shape index (κ3) is 8.24. The number of rotatable bonds is 4. The van der Waals surface area contributed by atoms with Gasteiger partial charge in [0.1, 0.15) is 5.82 Å². The van der Waals surface area contributed by atoms with E-state index in [-0.39, 0.29) is 0 Å². The summed E-state index contributed by atoms with van der Waals surface area (Å²) in [5.41, 5.74) is 4.24. The number of aryl methyl sites for hydroxylation is 3. The minimum absolute atomic E-state index is 0.339. The number of anilines is 1. The van der Waals surface area contributed by atoms with E-state index in [1.54, 1.807) is 0 Å². The van der Waals surface area contributed by atoms with Gasteiger partial charge in [0, 0.05) is 41.1 Å². The monoisotopic (exact) mass is 603 g/mol. The molecule has 1 N–H and O–H groups in total. The van der Waals surface area contributed by atoms with Crippen molar-refractivity contribution in [1.29, 1.82) is 0 Å². The minimum Gasteiger partial charge on any atom is -0.380 e. The molecular formula is C31H50BrN5O2. The molecule has 0 spiro atoms. The Morgan fingerprint density at radius 2 is 1.72 bits per heavy atom. The summed E-state index contributed by atoms with van der Waals surface area (Å²) in [6.07, 6.45) is 4.49. The van der Waals surface area contributed by atoms with E-state index >= 15 is 0 Å². The summed E-state index contributed by atoms with van der Waals surface area (Å²) in [5.74, 6) is 2.11. The summed E-state index contributed by atoms with van der Waals surface area (Å²) in [7, 11) is 0. The maximum atomic E-state index is 5.65. The van der Waals surface area contributed by atoms with Crippen molar-refractivity contribution in [2.75, 3.05) is 24.7 Å². The second-order valence-corrected chi connectivity index (χ2v) is 10.8. The summed E-state index contributed by atoms with van der Waals surface area (Å²) >= 11 is 3.64. The Kier molecular flexibility index (Phi) is 13.9. The molecule has 0 bridgehead atoms. The van der Waals surface area contributed by atoms with E-state index in [9.17, 15) is 0 Å². The molecule has 39 heavy (non-hydrogen) atoms. The van der Waals surface area contributed by atoms with Crippen LogP contribution in [-0.4, -0.2) is 53.0 Å². The first kappa shape index (κ1) is 33.2. The quantitative estimate of drug-likeness (QED) is 0.322. The van der Waals surface area contributed by atoms with Crippen LogP contribution in [0.15, 0.2) is 21.1 Å². The Hall–Kier alpha value is -2.03. The van der Waals surface area contributed by atoms with Crippen LogP contribution in [-0.2, 0) is 4.74 Å². The predicted octanol–water partition coefficient (Wildman–Crippen LogP) is 8.18. The minimum atomic E-state index is 0.339. The summed E-state index contributed by atoms with van der Waals surface area (Å²) in [6.45, 7) is 23.3. The molecule has 2 aromatic heterocycles. The fourth-order valence-electron chi connectivity index (χ4n) is 5.13. The Morgan fingerprint density at radius 1 is 1.03 bits per heavy atom. The van der Waals surface area contributed by atoms with E-state index in [1.807, 2.05) is 34.6 Å². The molecule has 7 nitrogen and oxygen atoms in total. The van der Waals surface area contributed by atoms with Crippen molar-refractivity contribution in [3.05, 3.63) is 33.6 Å². The highest BCUT2D eigenvalue weighted by Gasteiger charge is 2.32. The molecule has 2 aliphatic heterocycles. The lowest BCUT2D eigenvalue weighted by atomic mass is 9.95. The molecule has 3 atom stereocenters. The molecule has 0 aliphatic carbocycles. The van der Waals surface area contributed by atoms with Gasteiger partial charge < -0.3 is 19.5 Å². The second kappa shape index (κ2) is 16.3. The van der Waals surface area contributed by atoms with Crippen molar-refractivity contribution in [3.8, 4) is 11.5 Å². The average Bonchev–Trinajstić information content (AvgIpc) is 3.59. The number of benzene rings is 1. The van der Waals surface area contributed by atoms with E-state index in [2.05, 4.69) is 83.0 Å². The molecular weight excluding hydrogens is 554 g/mol. The SMILES string of the molecule is CC.CC.CCC.Cc1noc(-c2c(N3CC[C@@H](N[C@@H]4CCOC4)CC3C)nc3c(C)cc(Br)cc3c2C)n1. The van der Waals surface area contributed by atoms with Crippen LogP contribution in [0.1, 0.15) is 91.1 Å². The van der Waals surface area contributed by atoms with Gasteiger partial charge in [-0.05, 0) is 70.2 Å². The average molecular weight is 605 g/mol. The van der Waals surface area contributed by atoms with Crippen LogP contribution >= 0.6 is 15.9 Å². The number of hydrogen-bond acceptors (Lipinski definition) is 7. The zero-order valence-electron chi connectivity index (χ0n) is 25.8. The number of ether oxygens (including phenoxy) is 1. The summed E-state index contributed by atoms with van der Waals surface area (Å²) in [6, 6.07) is 5.58. The number of piperidine rings is 1. The molecule has 0 saturated carbocycles. The number of aromatic nitrogens is 3. The van der Waals surface area contributed by atoms with Gasteiger partial charge in [0.25, 0.3) is 5.89 Å². The van der Waals surface area contributed by atoms with E-state index in [0.717, 1.165) is 76.9 Å². The van der Waals surface area contributed by atoms with Gasteiger partial charge in [-0.15, -0.1) is 0 Å². The highest BCUT2D eigenvalue weighted by atomic mass is 79.9. The maximum absolute atomic E-state index is 5.65. The van der Waals surface area contributed by atoms with E-state index in [0.29, 0.717) is 29.8 Å². The van der Waals surface area contributed by atoms with Crippen molar-refractivity contribution in [1.82, 2.24) is 20.4 Å². The molecule has 2 aliphatic rings. The van der Waals surface area contributed by atoms with Crippen molar-refractivity contribution in [2.24, 2.45) is 0 Å². The number of fused-ring (bicyclic) bond motifs is 1.